The van der Waals surface area contributed by atoms with Crippen molar-refractivity contribution in [2.24, 2.45) is 10.9 Å². The second-order valence-electron chi connectivity index (χ2n) is 8.21. The lowest BCUT2D eigenvalue weighted by atomic mass is 10.2. The highest BCUT2D eigenvalue weighted by Gasteiger charge is 2.25. The van der Waals surface area contributed by atoms with Crippen molar-refractivity contribution in [2.45, 2.75) is 56.9 Å². The van der Waals surface area contributed by atoms with Crippen LogP contribution >= 0.6 is 11.8 Å². The normalized spacial score (nSPS) is 19.6. The van der Waals surface area contributed by atoms with Gasteiger partial charge in [-0.3, -0.25) is 4.99 Å². The molecule has 1 unspecified atom stereocenters. The first-order valence-corrected chi connectivity index (χ1v) is 12.4. The third-order valence-corrected chi connectivity index (χ3v) is 7.18. The van der Waals surface area contributed by atoms with E-state index in [1.807, 2.05) is 11.8 Å². The van der Waals surface area contributed by atoms with E-state index in [9.17, 15) is 0 Å². The van der Waals surface area contributed by atoms with Crippen LogP contribution in [-0.4, -0.2) is 57.6 Å². The standard InChI is InChI=1S/C23H34N6S/c1-2-24-23(25-14-12-22-27-26-21-11-7-4-8-15-29(21)22)28-16-13-19(17-28)18-30-20-9-5-3-6-10-20/h3,5-6,9-10,19H,2,4,7-8,11-18H2,1H3,(H,24,25). The predicted molar refractivity (Wildman–Crippen MR) is 124 cm³/mol. The number of hydrogen-bond donors (Lipinski definition) is 1. The first kappa shape index (κ1) is 21.2. The average Bonchev–Trinajstić information content (AvgIpc) is 3.33. The van der Waals surface area contributed by atoms with Crippen molar-refractivity contribution in [1.82, 2.24) is 25.0 Å². The van der Waals surface area contributed by atoms with Crippen molar-refractivity contribution in [3.05, 3.63) is 42.0 Å². The van der Waals surface area contributed by atoms with Gasteiger partial charge >= 0.3 is 0 Å². The first-order chi connectivity index (χ1) is 14.8. The number of aryl methyl sites for hydroxylation is 1. The quantitative estimate of drug-likeness (QED) is 0.416. The molecule has 0 bridgehead atoms. The van der Waals surface area contributed by atoms with E-state index in [-0.39, 0.29) is 0 Å². The molecular weight excluding hydrogens is 392 g/mol. The fraction of sp³-hybridized carbons (Fsp3) is 0.609. The van der Waals surface area contributed by atoms with Crippen LogP contribution in [0.3, 0.4) is 0 Å². The van der Waals surface area contributed by atoms with Crippen LogP contribution in [-0.2, 0) is 19.4 Å². The maximum absolute atomic E-state index is 4.94. The van der Waals surface area contributed by atoms with Gasteiger partial charge in [-0.2, -0.15) is 0 Å². The fourth-order valence-electron chi connectivity index (χ4n) is 4.31. The molecule has 1 atom stereocenters. The Kier molecular flexibility index (Phi) is 7.67. The molecule has 1 aromatic carbocycles. The second-order valence-corrected chi connectivity index (χ2v) is 9.30. The van der Waals surface area contributed by atoms with Gasteiger partial charge in [-0.05, 0) is 44.2 Å². The van der Waals surface area contributed by atoms with Gasteiger partial charge in [-0.25, -0.2) is 0 Å². The molecular formula is C23H34N6S. The van der Waals surface area contributed by atoms with Gasteiger partial charge in [0.05, 0.1) is 0 Å². The summed E-state index contributed by atoms with van der Waals surface area (Å²) in [5.41, 5.74) is 0. The van der Waals surface area contributed by atoms with Gasteiger partial charge in [-0.15, -0.1) is 22.0 Å². The largest absolute Gasteiger partial charge is 0.357 e. The second kappa shape index (κ2) is 10.8. The van der Waals surface area contributed by atoms with E-state index >= 15 is 0 Å². The lowest BCUT2D eigenvalue weighted by Crippen LogP contribution is -2.40. The number of hydrogen-bond acceptors (Lipinski definition) is 4. The molecule has 2 aliphatic heterocycles. The smallest absolute Gasteiger partial charge is 0.193 e. The Labute approximate surface area is 184 Å². The molecule has 2 aliphatic rings. The summed E-state index contributed by atoms with van der Waals surface area (Å²) < 4.78 is 2.34. The molecule has 1 fully saturated rings. The number of thioether (sulfide) groups is 1. The number of aromatic nitrogens is 3. The predicted octanol–water partition coefficient (Wildman–Crippen LogP) is 3.63. The van der Waals surface area contributed by atoms with Crippen LogP contribution in [0.4, 0.5) is 0 Å². The minimum absolute atomic E-state index is 0.714. The summed E-state index contributed by atoms with van der Waals surface area (Å²) in [5, 5.41) is 12.4. The monoisotopic (exact) mass is 426 g/mol. The van der Waals surface area contributed by atoms with Gasteiger partial charge in [0, 0.05) is 56.2 Å². The van der Waals surface area contributed by atoms with Crippen molar-refractivity contribution < 1.29 is 0 Å². The van der Waals surface area contributed by atoms with E-state index < -0.39 is 0 Å². The number of guanidine groups is 1. The van der Waals surface area contributed by atoms with E-state index in [0.29, 0.717) is 5.92 Å². The zero-order valence-corrected chi connectivity index (χ0v) is 18.9. The minimum Gasteiger partial charge on any atom is -0.357 e. The number of likely N-dealkylation sites (tertiary alicyclic amines) is 1. The number of aliphatic imine (C=N–C) groups is 1. The van der Waals surface area contributed by atoms with E-state index in [0.717, 1.165) is 63.2 Å². The molecule has 0 amide bonds. The summed E-state index contributed by atoms with van der Waals surface area (Å²) in [6.07, 6.45) is 6.93. The van der Waals surface area contributed by atoms with Gasteiger partial charge in [0.1, 0.15) is 11.6 Å². The summed E-state index contributed by atoms with van der Waals surface area (Å²) in [7, 11) is 0. The molecule has 0 radical (unpaired) electrons. The number of fused-ring (bicyclic) bond motifs is 1. The molecule has 1 N–H and O–H groups in total. The third-order valence-electron chi connectivity index (χ3n) is 5.93. The third kappa shape index (κ3) is 5.56. The molecule has 0 saturated carbocycles. The molecule has 6 nitrogen and oxygen atoms in total. The Morgan fingerprint density at radius 3 is 2.93 bits per heavy atom. The topological polar surface area (TPSA) is 58.3 Å². The summed E-state index contributed by atoms with van der Waals surface area (Å²) >= 11 is 1.97. The number of benzene rings is 1. The molecule has 4 rings (SSSR count). The highest BCUT2D eigenvalue weighted by molar-refractivity contribution is 7.99. The molecule has 162 valence electrons. The maximum atomic E-state index is 4.94. The van der Waals surface area contributed by atoms with Crippen molar-refractivity contribution in [3.63, 3.8) is 0 Å². The molecule has 30 heavy (non-hydrogen) atoms. The van der Waals surface area contributed by atoms with Crippen molar-refractivity contribution in [3.8, 4) is 0 Å². The molecule has 7 heteroatoms. The van der Waals surface area contributed by atoms with Crippen molar-refractivity contribution in [2.75, 3.05) is 31.9 Å². The lowest BCUT2D eigenvalue weighted by molar-refractivity contribution is 0.474. The SMILES string of the molecule is CCNC(=NCCc1nnc2n1CCCCC2)N1CCC(CSc2ccccc2)C1. The van der Waals surface area contributed by atoms with Crippen molar-refractivity contribution in [1.29, 1.82) is 0 Å². The Hall–Kier alpha value is -2.02. The van der Waals surface area contributed by atoms with E-state index in [2.05, 4.69) is 62.2 Å². The number of rotatable bonds is 7. The molecule has 1 saturated heterocycles. The summed E-state index contributed by atoms with van der Waals surface area (Å²) in [4.78, 5) is 8.74. The van der Waals surface area contributed by atoms with Crippen LogP contribution in [0.5, 0.6) is 0 Å². The van der Waals surface area contributed by atoms with Crippen LogP contribution in [0.1, 0.15) is 44.3 Å². The summed E-state index contributed by atoms with van der Waals surface area (Å²) in [6.45, 7) is 7.05. The number of nitrogens with zero attached hydrogens (tertiary/aromatic N) is 5. The van der Waals surface area contributed by atoms with Gasteiger partial charge in [-0.1, -0.05) is 24.6 Å². The van der Waals surface area contributed by atoms with E-state index in [1.165, 1.54) is 36.3 Å². The maximum Gasteiger partial charge on any atom is 0.193 e. The van der Waals surface area contributed by atoms with Gasteiger partial charge < -0.3 is 14.8 Å². The Morgan fingerprint density at radius 1 is 1.17 bits per heavy atom. The number of nitrogens with one attached hydrogen (secondary N) is 1. The molecule has 3 heterocycles. The van der Waals surface area contributed by atoms with Crippen LogP contribution < -0.4 is 5.32 Å². The summed E-state index contributed by atoms with van der Waals surface area (Å²) in [5.74, 6) is 5.21. The van der Waals surface area contributed by atoms with Gasteiger partial charge in [0.25, 0.3) is 0 Å². The van der Waals surface area contributed by atoms with Crippen molar-refractivity contribution >= 4 is 17.7 Å². The average molecular weight is 427 g/mol. The van der Waals surface area contributed by atoms with Crippen LogP contribution in [0.2, 0.25) is 0 Å². The highest BCUT2D eigenvalue weighted by Crippen LogP contribution is 2.26. The zero-order chi connectivity index (χ0) is 20.6. The van der Waals surface area contributed by atoms with Gasteiger partial charge in [0.2, 0.25) is 0 Å². The lowest BCUT2D eigenvalue weighted by Gasteiger charge is -2.21. The van der Waals surface area contributed by atoms with Crippen LogP contribution in [0, 0.1) is 5.92 Å². The van der Waals surface area contributed by atoms with E-state index in [4.69, 9.17) is 4.99 Å². The Morgan fingerprint density at radius 2 is 2.07 bits per heavy atom. The Bertz CT molecular complexity index is 818. The minimum atomic E-state index is 0.714. The van der Waals surface area contributed by atoms with Gasteiger partial charge in [0.15, 0.2) is 5.96 Å². The zero-order valence-electron chi connectivity index (χ0n) is 18.1. The van der Waals surface area contributed by atoms with Crippen LogP contribution in [0.25, 0.3) is 0 Å². The van der Waals surface area contributed by atoms with E-state index in [1.54, 1.807) is 0 Å². The fourth-order valence-corrected chi connectivity index (χ4v) is 5.36. The summed E-state index contributed by atoms with van der Waals surface area (Å²) in [6, 6.07) is 10.7. The molecule has 0 spiro atoms. The molecule has 1 aromatic heterocycles. The molecule has 2 aromatic rings. The Balaban J connectivity index is 1.30. The van der Waals surface area contributed by atoms with Crippen LogP contribution in [0.15, 0.2) is 40.2 Å². The molecule has 0 aliphatic carbocycles. The highest BCUT2D eigenvalue weighted by atomic mass is 32.2. The first-order valence-electron chi connectivity index (χ1n) is 11.5.